The van der Waals surface area contributed by atoms with Gasteiger partial charge in [0.05, 0.1) is 5.56 Å². The third-order valence-corrected chi connectivity index (χ3v) is 7.81. The van der Waals surface area contributed by atoms with E-state index in [-0.39, 0.29) is 11.8 Å². The Labute approximate surface area is 251 Å². The van der Waals surface area contributed by atoms with Gasteiger partial charge < -0.3 is 20.3 Å². The molecule has 2 amide bonds. The van der Waals surface area contributed by atoms with Crippen molar-refractivity contribution in [3.63, 3.8) is 0 Å². The molecule has 0 aromatic heterocycles. The first-order valence-corrected chi connectivity index (χ1v) is 15.4. The van der Waals surface area contributed by atoms with Gasteiger partial charge in [-0.25, -0.2) is 0 Å². The van der Waals surface area contributed by atoms with Crippen molar-refractivity contribution < 1.29 is 14.3 Å². The number of nitrogens with zero attached hydrogens (tertiary/aromatic N) is 2. The number of aryl methyl sites for hydroxylation is 1. The molecular weight excluding hydrogens is 524 g/mol. The van der Waals surface area contributed by atoms with Crippen LogP contribution < -0.4 is 15.5 Å². The standard InChI is InChI=1S/C35H46N4O3/c1-3-4-5-7-11-28-14-16-30(17-15-28)34(40)37-31-18-19-33(32(26-31)35(41)36-20-10-25-42-2)39-23-21-38(22-24-39)27-29-12-8-6-9-13-29/h6,8-9,12-19,26H,3-5,7,10-11,20-25,27H2,1-2H3,(H,36,41)(H,37,40). The molecule has 0 radical (unpaired) electrons. The maximum Gasteiger partial charge on any atom is 0.255 e. The second-order valence-corrected chi connectivity index (χ2v) is 11.0. The number of anilines is 2. The lowest BCUT2D eigenvalue weighted by atomic mass is 10.0. The predicted octanol–water partition coefficient (Wildman–Crippen LogP) is 6.15. The third kappa shape index (κ3) is 9.43. The van der Waals surface area contributed by atoms with Crippen LogP contribution in [0.3, 0.4) is 0 Å². The van der Waals surface area contributed by atoms with E-state index in [0.29, 0.717) is 30.0 Å². The van der Waals surface area contributed by atoms with Crippen molar-refractivity contribution in [2.75, 3.05) is 56.7 Å². The van der Waals surface area contributed by atoms with Crippen LogP contribution in [0.15, 0.2) is 72.8 Å². The zero-order chi connectivity index (χ0) is 29.6. The molecule has 4 rings (SSSR count). The summed E-state index contributed by atoms with van der Waals surface area (Å²) in [6, 6.07) is 24.0. The number of carbonyl (C=O) groups is 2. The Balaban J connectivity index is 1.42. The summed E-state index contributed by atoms with van der Waals surface area (Å²) in [6.07, 6.45) is 6.66. The van der Waals surface area contributed by atoms with Crippen molar-refractivity contribution in [3.8, 4) is 0 Å². The molecule has 224 valence electrons. The van der Waals surface area contributed by atoms with Crippen molar-refractivity contribution in [1.82, 2.24) is 10.2 Å². The summed E-state index contributed by atoms with van der Waals surface area (Å²) in [5, 5.41) is 6.04. The van der Waals surface area contributed by atoms with E-state index in [1.165, 1.54) is 36.8 Å². The number of carbonyl (C=O) groups excluding carboxylic acids is 2. The molecule has 1 aliphatic rings. The van der Waals surface area contributed by atoms with Crippen molar-refractivity contribution >= 4 is 23.2 Å². The average molecular weight is 571 g/mol. The Kier molecular flexibility index (Phi) is 12.4. The highest BCUT2D eigenvalue weighted by atomic mass is 16.5. The number of hydrogen-bond acceptors (Lipinski definition) is 5. The Hall–Kier alpha value is -3.68. The molecule has 7 heteroatoms. The first kappa shape index (κ1) is 31.3. The van der Waals surface area contributed by atoms with Crippen LogP contribution in [0.1, 0.15) is 70.9 Å². The molecule has 1 saturated heterocycles. The Morgan fingerprint density at radius 3 is 2.29 bits per heavy atom. The number of rotatable bonds is 15. The second-order valence-electron chi connectivity index (χ2n) is 11.0. The summed E-state index contributed by atoms with van der Waals surface area (Å²) < 4.78 is 5.13. The fourth-order valence-electron chi connectivity index (χ4n) is 5.36. The van der Waals surface area contributed by atoms with Gasteiger partial charge in [0.15, 0.2) is 0 Å². The lowest BCUT2D eigenvalue weighted by Crippen LogP contribution is -2.46. The number of piperazine rings is 1. The number of hydrogen-bond donors (Lipinski definition) is 2. The molecule has 1 fully saturated rings. The molecule has 0 spiro atoms. The molecule has 0 unspecified atom stereocenters. The molecule has 1 heterocycles. The van der Waals surface area contributed by atoms with Crippen molar-refractivity contribution in [2.24, 2.45) is 0 Å². The van der Waals surface area contributed by atoms with Gasteiger partial charge in [-0.3, -0.25) is 14.5 Å². The molecule has 2 N–H and O–H groups in total. The molecule has 42 heavy (non-hydrogen) atoms. The van der Waals surface area contributed by atoms with E-state index in [1.54, 1.807) is 13.2 Å². The third-order valence-electron chi connectivity index (χ3n) is 7.81. The molecule has 3 aromatic carbocycles. The van der Waals surface area contributed by atoms with E-state index in [4.69, 9.17) is 4.74 Å². The highest BCUT2D eigenvalue weighted by Crippen LogP contribution is 2.27. The first-order chi connectivity index (χ1) is 20.6. The van der Waals surface area contributed by atoms with Crippen LogP contribution in [-0.4, -0.2) is 63.2 Å². The van der Waals surface area contributed by atoms with Crippen LogP contribution in [0.5, 0.6) is 0 Å². The largest absolute Gasteiger partial charge is 0.385 e. The number of unbranched alkanes of at least 4 members (excludes halogenated alkanes) is 3. The SMILES string of the molecule is CCCCCCc1ccc(C(=O)Nc2ccc(N3CCN(Cc4ccccc4)CC3)c(C(=O)NCCCOC)c2)cc1. The highest BCUT2D eigenvalue weighted by molar-refractivity contribution is 6.06. The number of benzene rings is 3. The molecule has 1 aliphatic heterocycles. The van der Waals surface area contributed by atoms with E-state index in [2.05, 4.69) is 51.6 Å². The molecule has 0 bridgehead atoms. The second kappa shape index (κ2) is 16.7. The molecule has 3 aromatic rings. The van der Waals surface area contributed by atoms with E-state index < -0.39 is 0 Å². The van der Waals surface area contributed by atoms with Gasteiger partial charge in [-0.15, -0.1) is 0 Å². The minimum Gasteiger partial charge on any atom is -0.385 e. The van der Waals surface area contributed by atoms with Gasteiger partial charge in [0.1, 0.15) is 0 Å². The van der Waals surface area contributed by atoms with Crippen LogP contribution in [0.2, 0.25) is 0 Å². The maximum atomic E-state index is 13.3. The van der Waals surface area contributed by atoms with Crippen LogP contribution in [0.25, 0.3) is 0 Å². The maximum absolute atomic E-state index is 13.3. The van der Waals surface area contributed by atoms with Gasteiger partial charge >= 0.3 is 0 Å². The number of ether oxygens (including phenoxy) is 1. The quantitative estimate of drug-likeness (QED) is 0.215. The van der Waals surface area contributed by atoms with Gasteiger partial charge in [-0.2, -0.15) is 0 Å². The fourth-order valence-corrected chi connectivity index (χ4v) is 5.36. The lowest BCUT2D eigenvalue weighted by molar-refractivity contribution is 0.0947. The number of amides is 2. The summed E-state index contributed by atoms with van der Waals surface area (Å²) in [6.45, 7) is 7.73. The van der Waals surface area contributed by atoms with Gasteiger partial charge in [-0.05, 0) is 60.7 Å². The summed E-state index contributed by atoms with van der Waals surface area (Å²) in [7, 11) is 1.66. The predicted molar refractivity (Wildman–Crippen MR) is 171 cm³/mol. The zero-order valence-corrected chi connectivity index (χ0v) is 25.2. The Bertz CT molecular complexity index is 1250. The minimum atomic E-state index is -0.179. The van der Waals surface area contributed by atoms with E-state index in [0.717, 1.165) is 51.3 Å². The van der Waals surface area contributed by atoms with Crippen LogP contribution >= 0.6 is 0 Å². The van der Waals surface area contributed by atoms with Crippen molar-refractivity contribution in [1.29, 1.82) is 0 Å². The molecular formula is C35H46N4O3. The summed E-state index contributed by atoms with van der Waals surface area (Å²) >= 11 is 0. The Morgan fingerprint density at radius 1 is 0.810 bits per heavy atom. The molecule has 0 aliphatic carbocycles. The van der Waals surface area contributed by atoms with Gasteiger partial charge in [0.25, 0.3) is 11.8 Å². The first-order valence-electron chi connectivity index (χ1n) is 15.4. The molecule has 0 saturated carbocycles. The summed E-state index contributed by atoms with van der Waals surface area (Å²) in [5.74, 6) is -0.322. The van der Waals surface area contributed by atoms with Gasteiger partial charge in [0, 0.05) is 69.9 Å². The molecule has 0 atom stereocenters. The number of methoxy groups -OCH3 is 1. The monoisotopic (exact) mass is 570 g/mol. The van der Waals surface area contributed by atoms with Gasteiger partial charge in [-0.1, -0.05) is 68.7 Å². The van der Waals surface area contributed by atoms with E-state index in [9.17, 15) is 9.59 Å². The normalized spacial score (nSPS) is 13.6. The van der Waals surface area contributed by atoms with Crippen LogP contribution in [0, 0.1) is 0 Å². The lowest BCUT2D eigenvalue weighted by Gasteiger charge is -2.37. The van der Waals surface area contributed by atoms with E-state index >= 15 is 0 Å². The average Bonchev–Trinajstić information content (AvgIpc) is 3.02. The van der Waals surface area contributed by atoms with Crippen LogP contribution in [-0.2, 0) is 17.7 Å². The molecule has 7 nitrogen and oxygen atoms in total. The van der Waals surface area contributed by atoms with Gasteiger partial charge in [0.2, 0.25) is 0 Å². The topological polar surface area (TPSA) is 73.9 Å². The zero-order valence-electron chi connectivity index (χ0n) is 25.2. The Morgan fingerprint density at radius 2 is 1.57 bits per heavy atom. The summed E-state index contributed by atoms with van der Waals surface area (Å²) in [5.41, 5.74) is 5.24. The minimum absolute atomic E-state index is 0.142. The van der Waals surface area contributed by atoms with Crippen molar-refractivity contribution in [3.05, 3.63) is 95.1 Å². The fraction of sp³-hybridized carbons (Fsp3) is 0.429. The summed E-state index contributed by atoms with van der Waals surface area (Å²) in [4.78, 5) is 31.1. The number of nitrogens with one attached hydrogen (secondary N) is 2. The smallest absolute Gasteiger partial charge is 0.255 e. The van der Waals surface area contributed by atoms with E-state index in [1.807, 2.05) is 42.5 Å². The van der Waals surface area contributed by atoms with Crippen LogP contribution in [0.4, 0.5) is 11.4 Å². The van der Waals surface area contributed by atoms with Crippen molar-refractivity contribution in [2.45, 2.75) is 52.0 Å². The highest BCUT2D eigenvalue weighted by Gasteiger charge is 2.22.